The average molecular weight is 335 g/mol. The molecule has 0 radical (unpaired) electrons. The lowest BCUT2D eigenvalue weighted by atomic mass is 10.1. The lowest BCUT2D eigenvalue weighted by Crippen LogP contribution is -2.28. The Labute approximate surface area is 136 Å². The van der Waals surface area contributed by atoms with Gasteiger partial charge in [0, 0.05) is 6.42 Å². The van der Waals surface area contributed by atoms with Gasteiger partial charge in [-0.05, 0) is 6.42 Å². The zero-order valence-electron chi connectivity index (χ0n) is 13.2. The number of fused-ring (bicyclic) bond motifs is 1. The van der Waals surface area contributed by atoms with E-state index in [0.29, 0.717) is 6.42 Å². The summed E-state index contributed by atoms with van der Waals surface area (Å²) in [5.74, 6) is 2.18. The topological polar surface area (TPSA) is 108 Å². The largest absolute Gasteiger partial charge is 0.369 e. The van der Waals surface area contributed by atoms with E-state index in [1.807, 2.05) is 6.92 Å². The maximum atomic E-state index is 14.2. The highest BCUT2D eigenvalue weighted by Crippen LogP contribution is 2.33. The van der Waals surface area contributed by atoms with Crippen molar-refractivity contribution in [1.82, 2.24) is 19.1 Å². The SMILES string of the molecule is C#CCn1c(=O)n(C2CC(F)C(CCC)O2)c2nc(N)[nH]c(=O)c21. The van der Waals surface area contributed by atoms with Gasteiger partial charge in [-0.15, -0.1) is 6.42 Å². The summed E-state index contributed by atoms with van der Waals surface area (Å²) in [4.78, 5) is 31.2. The number of terminal acetylenes is 1. The Morgan fingerprint density at radius 1 is 1.54 bits per heavy atom. The van der Waals surface area contributed by atoms with E-state index in [1.54, 1.807) is 0 Å². The van der Waals surface area contributed by atoms with Crippen LogP contribution >= 0.6 is 0 Å². The minimum absolute atomic E-state index is 0.00472. The summed E-state index contributed by atoms with van der Waals surface area (Å²) in [7, 11) is 0. The first-order valence-corrected chi connectivity index (χ1v) is 7.71. The number of nitrogens with zero attached hydrogens (tertiary/aromatic N) is 3. The van der Waals surface area contributed by atoms with Gasteiger partial charge < -0.3 is 10.5 Å². The van der Waals surface area contributed by atoms with E-state index in [0.717, 1.165) is 11.0 Å². The van der Waals surface area contributed by atoms with E-state index in [-0.39, 0.29) is 30.1 Å². The van der Waals surface area contributed by atoms with Crippen LogP contribution in [0.1, 0.15) is 32.4 Å². The first-order valence-electron chi connectivity index (χ1n) is 7.71. The van der Waals surface area contributed by atoms with E-state index in [1.165, 1.54) is 4.57 Å². The first-order chi connectivity index (χ1) is 11.5. The second-order valence-electron chi connectivity index (χ2n) is 5.74. The predicted molar refractivity (Wildman–Crippen MR) is 86.2 cm³/mol. The van der Waals surface area contributed by atoms with Gasteiger partial charge >= 0.3 is 5.69 Å². The number of ether oxygens (including phenoxy) is 1. The summed E-state index contributed by atoms with van der Waals surface area (Å²) >= 11 is 0. The van der Waals surface area contributed by atoms with Crippen molar-refractivity contribution < 1.29 is 9.13 Å². The third-order valence-electron chi connectivity index (χ3n) is 4.10. The number of H-pyrrole nitrogens is 1. The number of aromatic nitrogens is 4. The fourth-order valence-electron chi connectivity index (χ4n) is 3.08. The summed E-state index contributed by atoms with van der Waals surface area (Å²) in [6, 6.07) is 0. The third kappa shape index (κ3) is 2.49. The summed E-state index contributed by atoms with van der Waals surface area (Å²) in [6.07, 6.45) is 3.97. The molecule has 3 rings (SSSR count). The van der Waals surface area contributed by atoms with Crippen molar-refractivity contribution >= 4 is 17.1 Å². The summed E-state index contributed by atoms with van der Waals surface area (Å²) in [6.45, 7) is 1.82. The molecule has 1 saturated heterocycles. The van der Waals surface area contributed by atoms with Crippen molar-refractivity contribution in [2.75, 3.05) is 5.73 Å². The number of alkyl halides is 1. The minimum Gasteiger partial charge on any atom is -0.369 e. The molecule has 0 bridgehead atoms. The van der Waals surface area contributed by atoms with Crippen LogP contribution in [-0.2, 0) is 11.3 Å². The Morgan fingerprint density at radius 3 is 2.96 bits per heavy atom. The van der Waals surface area contributed by atoms with Crippen LogP contribution in [0.25, 0.3) is 11.2 Å². The van der Waals surface area contributed by atoms with Crippen LogP contribution in [0, 0.1) is 12.3 Å². The minimum atomic E-state index is -1.19. The highest BCUT2D eigenvalue weighted by Gasteiger charge is 2.38. The van der Waals surface area contributed by atoms with Gasteiger partial charge in [-0.3, -0.25) is 14.3 Å². The molecule has 128 valence electrons. The average Bonchev–Trinajstić information content (AvgIpc) is 2.99. The lowest BCUT2D eigenvalue weighted by molar-refractivity contribution is -0.0118. The normalized spacial score (nSPS) is 23.6. The fourth-order valence-corrected chi connectivity index (χ4v) is 3.08. The second kappa shape index (κ2) is 6.13. The van der Waals surface area contributed by atoms with Gasteiger partial charge in [-0.25, -0.2) is 13.8 Å². The van der Waals surface area contributed by atoms with Crippen LogP contribution in [0.5, 0.6) is 0 Å². The molecule has 3 heterocycles. The molecule has 0 aliphatic carbocycles. The molecule has 2 aromatic rings. The van der Waals surface area contributed by atoms with Crippen molar-refractivity contribution in [2.24, 2.45) is 0 Å². The number of rotatable bonds is 4. The van der Waals surface area contributed by atoms with E-state index < -0.39 is 29.8 Å². The van der Waals surface area contributed by atoms with Crippen molar-refractivity contribution in [3.8, 4) is 12.3 Å². The monoisotopic (exact) mass is 335 g/mol. The van der Waals surface area contributed by atoms with Crippen LogP contribution in [0.3, 0.4) is 0 Å². The molecule has 2 aromatic heterocycles. The number of hydrogen-bond donors (Lipinski definition) is 2. The van der Waals surface area contributed by atoms with Gasteiger partial charge in [-0.1, -0.05) is 19.3 Å². The van der Waals surface area contributed by atoms with Gasteiger partial charge in [0.1, 0.15) is 12.4 Å². The Balaban J connectivity index is 2.19. The molecule has 0 spiro atoms. The molecule has 1 aliphatic heterocycles. The lowest BCUT2D eigenvalue weighted by Gasteiger charge is -2.13. The van der Waals surface area contributed by atoms with E-state index in [2.05, 4.69) is 15.9 Å². The van der Waals surface area contributed by atoms with Gasteiger partial charge in [0.2, 0.25) is 5.95 Å². The van der Waals surface area contributed by atoms with E-state index in [9.17, 15) is 14.0 Å². The molecule has 8 nitrogen and oxygen atoms in total. The van der Waals surface area contributed by atoms with Crippen molar-refractivity contribution in [3.63, 3.8) is 0 Å². The van der Waals surface area contributed by atoms with E-state index in [4.69, 9.17) is 16.9 Å². The van der Waals surface area contributed by atoms with Gasteiger partial charge in [0.05, 0.1) is 12.6 Å². The molecule has 24 heavy (non-hydrogen) atoms. The standard InChI is InChI=1S/C15H18FN5O3/c1-3-5-9-8(16)7-10(24-9)21-12-11(13(22)19-14(17)18-12)20(6-4-2)15(21)23/h2,8-10H,3,5-7H2,1H3,(H3,17,18,19,22). The molecule has 0 aromatic carbocycles. The molecule has 3 atom stereocenters. The zero-order chi connectivity index (χ0) is 17.4. The first kappa shape index (κ1) is 16.3. The van der Waals surface area contributed by atoms with Crippen LogP contribution in [-0.4, -0.2) is 31.4 Å². The molecule has 0 amide bonds. The Hall–Kier alpha value is -2.60. The van der Waals surface area contributed by atoms with Crippen molar-refractivity contribution in [3.05, 3.63) is 20.8 Å². The molecule has 0 saturated carbocycles. The number of nitrogens with one attached hydrogen (secondary N) is 1. The number of nitrogen functional groups attached to an aromatic ring is 1. The summed E-state index contributed by atoms with van der Waals surface area (Å²) < 4.78 is 22.1. The fraction of sp³-hybridized carbons (Fsp3) is 0.533. The predicted octanol–water partition coefficient (Wildman–Crippen LogP) is 0.527. The van der Waals surface area contributed by atoms with Crippen LogP contribution in [0.15, 0.2) is 9.59 Å². The number of hydrogen-bond acceptors (Lipinski definition) is 5. The molecule has 9 heteroatoms. The van der Waals surface area contributed by atoms with Crippen molar-refractivity contribution in [1.29, 1.82) is 0 Å². The number of imidazole rings is 1. The number of anilines is 1. The summed E-state index contributed by atoms with van der Waals surface area (Å²) in [5, 5.41) is 0. The smallest absolute Gasteiger partial charge is 0.333 e. The van der Waals surface area contributed by atoms with Crippen LogP contribution < -0.4 is 17.0 Å². The Kier molecular flexibility index (Phi) is 4.15. The quantitative estimate of drug-likeness (QED) is 0.792. The number of halogens is 1. The maximum absolute atomic E-state index is 14.2. The highest BCUT2D eigenvalue weighted by atomic mass is 19.1. The zero-order valence-corrected chi connectivity index (χ0v) is 13.2. The maximum Gasteiger partial charge on any atom is 0.333 e. The highest BCUT2D eigenvalue weighted by molar-refractivity contribution is 5.71. The van der Waals surface area contributed by atoms with Crippen molar-refractivity contribution in [2.45, 2.75) is 51.2 Å². The van der Waals surface area contributed by atoms with Crippen LogP contribution in [0.2, 0.25) is 0 Å². The Morgan fingerprint density at radius 2 is 2.29 bits per heavy atom. The number of aromatic amines is 1. The van der Waals surface area contributed by atoms with Gasteiger partial charge in [-0.2, -0.15) is 4.98 Å². The van der Waals surface area contributed by atoms with Gasteiger partial charge in [0.25, 0.3) is 5.56 Å². The molecule has 3 N–H and O–H groups in total. The molecule has 1 fully saturated rings. The summed E-state index contributed by atoms with van der Waals surface area (Å²) in [5.41, 5.74) is 4.48. The van der Waals surface area contributed by atoms with E-state index >= 15 is 0 Å². The molecule has 1 aliphatic rings. The van der Waals surface area contributed by atoms with Crippen LogP contribution in [0.4, 0.5) is 10.3 Å². The molecular weight excluding hydrogens is 317 g/mol. The number of nitrogens with two attached hydrogens (primary N) is 1. The third-order valence-corrected chi connectivity index (χ3v) is 4.10. The Bertz CT molecular complexity index is 922. The molecular formula is C15H18FN5O3. The van der Waals surface area contributed by atoms with Gasteiger partial charge in [0.15, 0.2) is 11.2 Å². The molecule has 3 unspecified atom stereocenters. The second-order valence-corrected chi connectivity index (χ2v) is 5.74.